The first kappa shape index (κ1) is 84.9. The van der Waals surface area contributed by atoms with Crippen LogP contribution >= 0.6 is 0 Å². The standard InChI is InChI=1S/C11H23NO2.C10H22N2O.2C10H21NO2.C9H20N2O.C9H19NO2/c1-6-11(2,3)10(13)14-9-7-8-12(4)5;1-5-9(2)10(13)11-7-6-8-12(3)4;1-6-10(2,3)9(12)13-8-7-11(4)5;1-5-9(2)10(12)13-8-6-7-11(3)4;1-5-8(2)9(12)10-6-7-11(3)4;1-5-8(2)9(11)12-7-6-10(3)4/h6-9H2,1-5H3;9H,5-8H2,1-4H3,(H,11,13);6-8H2,1-5H3;9H,5-8H2,1-4H3;8H,5-7H2,1-4H3,(H,10,12);8H,5-7H2,1-4H3. The molecular formula is C59H126N8O10. The Kier molecular flexibility index (Phi) is 58.7. The zero-order valence-corrected chi connectivity index (χ0v) is 54.9. The van der Waals surface area contributed by atoms with Crippen molar-refractivity contribution >= 4 is 35.7 Å². The van der Waals surface area contributed by atoms with Crippen LogP contribution in [0, 0.1) is 34.5 Å². The Morgan fingerprint density at radius 3 is 0.948 bits per heavy atom. The lowest BCUT2D eigenvalue weighted by molar-refractivity contribution is -0.155. The molecular weight excluding hydrogens is 981 g/mol. The highest BCUT2D eigenvalue weighted by molar-refractivity contribution is 5.78. The minimum Gasteiger partial charge on any atom is -0.465 e. The minimum atomic E-state index is -0.341. The summed E-state index contributed by atoms with van der Waals surface area (Å²) in [5.74, 6) is 0.384. The number of rotatable bonds is 33. The van der Waals surface area contributed by atoms with Crippen molar-refractivity contribution in [1.29, 1.82) is 0 Å². The topological polar surface area (TPSA) is 183 Å². The molecule has 0 bridgehead atoms. The van der Waals surface area contributed by atoms with Crippen molar-refractivity contribution in [1.82, 2.24) is 40.0 Å². The molecule has 2 N–H and O–H groups in total. The fraction of sp³-hybridized carbons (Fsp3) is 0.898. The second-order valence-corrected chi connectivity index (χ2v) is 22.8. The lowest BCUT2D eigenvalue weighted by Gasteiger charge is -2.20. The summed E-state index contributed by atoms with van der Waals surface area (Å²) < 4.78 is 20.4. The lowest BCUT2D eigenvalue weighted by atomic mass is 9.91. The quantitative estimate of drug-likeness (QED) is 0.0367. The summed E-state index contributed by atoms with van der Waals surface area (Å²) in [6, 6.07) is 0. The predicted molar refractivity (Wildman–Crippen MR) is 321 cm³/mol. The highest BCUT2D eigenvalue weighted by atomic mass is 16.5. The molecule has 0 aliphatic carbocycles. The van der Waals surface area contributed by atoms with Gasteiger partial charge in [-0.3, -0.25) is 28.8 Å². The van der Waals surface area contributed by atoms with E-state index in [0.29, 0.717) is 26.4 Å². The van der Waals surface area contributed by atoms with E-state index in [1.807, 2.05) is 191 Å². The van der Waals surface area contributed by atoms with Gasteiger partial charge in [-0.2, -0.15) is 0 Å². The van der Waals surface area contributed by atoms with E-state index in [1.54, 1.807) is 0 Å². The number of hydrogen-bond acceptors (Lipinski definition) is 16. The summed E-state index contributed by atoms with van der Waals surface area (Å²) >= 11 is 0. The van der Waals surface area contributed by atoms with Gasteiger partial charge in [0.1, 0.15) is 13.2 Å². The molecule has 0 heterocycles. The van der Waals surface area contributed by atoms with E-state index in [1.165, 1.54) is 0 Å². The molecule has 18 heteroatoms. The molecule has 18 nitrogen and oxygen atoms in total. The normalized spacial score (nSPS) is 12.6. The maximum absolute atomic E-state index is 11.5. The van der Waals surface area contributed by atoms with E-state index in [-0.39, 0.29) is 70.2 Å². The third kappa shape index (κ3) is 60.1. The van der Waals surface area contributed by atoms with Gasteiger partial charge < -0.3 is 59.0 Å². The summed E-state index contributed by atoms with van der Waals surface area (Å²) in [6.45, 7) is 36.4. The largest absolute Gasteiger partial charge is 0.465 e. The van der Waals surface area contributed by atoms with Gasteiger partial charge in [-0.1, -0.05) is 69.2 Å². The Labute approximate surface area is 474 Å². The van der Waals surface area contributed by atoms with Gasteiger partial charge in [-0.15, -0.1) is 0 Å². The van der Waals surface area contributed by atoms with Crippen LogP contribution in [-0.4, -0.2) is 228 Å². The molecule has 0 aliphatic rings. The Balaban J connectivity index is -0.000000197. The second kappa shape index (κ2) is 53.2. The van der Waals surface area contributed by atoms with Gasteiger partial charge in [-0.05, 0) is 177 Å². The molecule has 0 saturated heterocycles. The van der Waals surface area contributed by atoms with Crippen molar-refractivity contribution in [2.75, 3.05) is 163 Å². The third-order valence-electron chi connectivity index (χ3n) is 12.5. The summed E-state index contributed by atoms with van der Waals surface area (Å²) in [4.78, 5) is 80.1. The van der Waals surface area contributed by atoms with Crippen molar-refractivity contribution in [3.05, 3.63) is 0 Å². The van der Waals surface area contributed by atoms with Gasteiger partial charge in [0.05, 0.1) is 35.9 Å². The number of nitrogens with one attached hydrogen (secondary N) is 2. The number of amides is 2. The predicted octanol–water partition coefficient (Wildman–Crippen LogP) is 7.92. The van der Waals surface area contributed by atoms with E-state index < -0.39 is 0 Å². The van der Waals surface area contributed by atoms with Crippen molar-refractivity contribution in [3.8, 4) is 0 Å². The molecule has 4 atom stereocenters. The van der Waals surface area contributed by atoms with E-state index >= 15 is 0 Å². The molecule has 0 spiro atoms. The Morgan fingerprint density at radius 2 is 0.636 bits per heavy atom. The smallest absolute Gasteiger partial charge is 0.311 e. The highest BCUT2D eigenvalue weighted by Crippen LogP contribution is 2.22. The Hall–Kier alpha value is -3.42. The van der Waals surface area contributed by atoms with Crippen LogP contribution in [-0.2, 0) is 47.7 Å². The molecule has 0 radical (unpaired) electrons. The van der Waals surface area contributed by atoms with Gasteiger partial charge in [-0.25, -0.2) is 0 Å². The maximum atomic E-state index is 11.5. The first-order valence-corrected chi connectivity index (χ1v) is 28.7. The van der Waals surface area contributed by atoms with E-state index in [0.717, 1.165) is 110 Å². The molecule has 0 saturated carbocycles. The first-order chi connectivity index (χ1) is 35.6. The molecule has 0 fully saturated rings. The van der Waals surface area contributed by atoms with Crippen LogP contribution in [0.3, 0.4) is 0 Å². The molecule has 0 aromatic rings. The van der Waals surface area contributed by atoms with Crippen LogP contribution in [0.5, 0.6) is 0 Å². The summed E-state index contributed by atoms with van der Waals surface area (Å²) in [6.07, 6.45) is 8.00. The fourth-order valence-electron chi connectivity index (χ4n) is 4.78. The molecule has 4 unspecified atom stereocenters. The Bertz CT molecular complexity index is 1380. The van der Waals surface area contributed by atoms with Crippen LogP contribution < -0.4 is 10.6 Å². The second-order valence-electron chi connectivity index (χ2n) is 22.8. The van der Waals surface area contributed by atoms with Crippen LogP contribution in [0.4, 0.5) is 0 Å². The third-order valence-corrected chi connectivity index (χ3v) is 12.5. The number of esters is 4. The van der Waals surface area contributed by atoms with Crippen LogP contribution in [0.25, 0.3) is 0 Å². The SMILES string of the molecule is CCC(C)(C)C(=O)OCCCN(C)C.CCC(C)(C)C(=O)OCCN(C)C.CCC(C)C(=O)NCCCN(C)C.CCC(C)C(=O)NCCN(C)C.CCC(C)C(=O)OCCCN(C)C.CCC(C)C(=O)OCCN(C)C. The maximum Gasteiger partial charge on any atom is 0.311 e. The summed E-state index contributed by atoms with van der Waals surface area (Å²) in [5.41, 5.74) is -0.676. The zero-order chi connectivity index (χ0) is 61.3. The number of carbonyl (C=O) groups is 6. The molecule has 0 aromatic carbocycles. The van der Waals surface area contributed by atoms with Crippen LogP contribution in [0.15, 0.2) is 0 Å². The average Bonchev–Trinajstić information content (AvgIpc) is 3.36. The van der Waals surface area contributed by atoms with E-state index in [2.05, 4.69) is 30.2 Å². The molecule has 0 aliphatic heterocycles. The zero-order valence-electron chi connectivity index (χ0n) is 54.9. The van der Waals surface area contributed by atoms with Crippen molar-refractivity contribution in [3.63, 3.8) is 0 Å². The van der Waals surface area contributed by atoms with Gasteiger partial charge in [0, 0.05) is 57.6 Å². The Morgan fingerprint density at radius 1 is 0.364 bits per heavy atom. The van der Waals surface area contributed by atoms with Gasteiger partial charge in [0.25, 0.3) is 0 Å². The fourth-order valence-corrected chi connectivity index (χ4v) is 4.78. The number of ether oxygens (including phenoxy) is 4. The van der Waals surface area contributed by atoms with Crippen molar-refractivity contribution in [2.24, 2.45) is 34.5 Å². The van der Waals surface area contributed by atoms with Gasteiger partial charge >= 0.3 is 23.9 Å². The van der Waals surface area contributed by atoms with Gasteiger partial charge in [0.15, 0.2) is 0 Å². The molecule has 0 rings (SSSR count). The van der Waals surface area contributed by atoms with E-state index in [4.69, 9.17) is 18.9 Å². The van der Waals surface area contributed by atoms with Crippen molar-refractivity contribution < 1.29 is 47.7 Å². The van der Waals surface area contributed by atoms with Gasteiger partial charge in [0.2, 0.25) is 11.8 Å². The first-order valence-electron chi connectivity index (χ1n) is 28.7. The summed E-state index contributed by atoms with van der Waals surface area (Å²) in [7, 11) is 23.9. The molecule has 77 heavy (non-hydrogen) atoms. The molecule has 2 amide bonds. The number of nitrogens with zero attached hydrogens (tertiary/aromatic N) is 6. The highest BCUT2D eigenvalue weighted by Gasteiger charge is 2.27. The average molecular weight is 1110 g/mol. The summed E-state index contributed by atoms with van der Waals surface area (Å²) in [5, 5.41) is 5.81. The number of likely N-dealkylation sites (N-methyl/N-ethyl adjacent to an activating group) is 3. The van der Waals surface area contributed by atoms with E-state index in [9.17, 15) is 28.8 Å². The minimum absolute atomic E-state index is 0.0344. The molecule has 462 valence electrons. The van der Waals surface area contributed by atoms with Crippen LogP contribution in [0.2, 0.25) is 0 Å². The van der Waals surface area contributed by atoms with Crippen molar-refractivity contribution in [2.45, 2.75) is 155 Å². The monoisotopic (exact) mass is 1110 g/mol. The number of carbonyl (C=O) groups excluding carboxylic acids is 6. The number of hydrogen-bond donors (Lipinski definition) is 2. The van der Waals surface area contributed by atoms with Crippen LogP contribution in [0.1, 0.15) is 155 Å². The lowest BCUT2D eigenvalue weighted by Crippen LogP contribution is -2.34. The molecule has 0 aromatic heterocycles.